The Kier molecular flexibility index (Phi) is 6.74. The molecule has 0 aliphatic rings. The summed E-state index contributed by atoms with van der Waals surface area (Å²) in [5, 5.41) is 0. The van der Waals surface area contributed by atoms with Crippen LogP contribution in [-0.4, -0.2) is 0 Å². The lowest BCUT2D eigenvalue weighted by atomic mass is 10.1. The van der Waals surface area contributed by atoms with Gasteiger partial charge in [0.25, 0.3) is 0 Å². The lowest BCUT2D eigenvalue weighted by molar-refractivity contribution is 0.607. The zero-order chi connectivity index (χ0) is 10.9. The molecule has 0 nitrogen and oxygen atoms in total. The summed E-state index contributed by atoms with van der Waals surface area (Å²) in [6.07, 6.45) is 9.37. The van der Waals surface area contributed by atoms with Gasteiger partial charge in [0.15, 0.2) is 0 Å². The monoisotopic (exact) mass is 267 g/mol. The minimum absolute atomic E-state index is 1.14. The topological polar surface area (TPSA) is 0 Å². The third-order valence-corrected chi connectivity index (χ3v) is 3.42. The average Bonchev–Trinajstić information content (AvgIpc) is 2.25. The Morgan fingerprint density at radius 1 is 1.13 bits per heavy atom. The van der Waals surface area contributed by atoms with E-state index in [4.69, 9.17) is 0 Å². The third kappa shape index (κ3) is 5.36. The Balaban J connectivity index is 2.12. The first-order valence-electron chi connectivity index (χ1n) is 5.99. The molecule has 1 aromatic carbocycles. The van der Waals surface area contributed by atoms with Crippen LogP contribution in [0.3, 0.4) is 0 Å². The van der Waals surface area contributed by atoms with Gasteiger partial charge in [-0.15, -0.1) is 0 Å². The molecule has 0 spiro atoms. The fraction of sp³-hybridized carbons (Fsp3) is 0.571. The van der Waals surface area contributed by atoms with Gasteiger partial charge in [0.2, 0.25) is 0 Å². The Labute approximate surface area is 102 Å². The van der Waals surface area contributed by atoms with Gasteiger partial charge in [0.1, 0.15) is 0 Å². The van der Waals surface area contributed by atoms with Crippen molar-refractivity contribution in [2.75, 3.05) is 0 Å². The predicted molar refractivity (Wildman–Crippen MR) is 70.1 cm³/mol. The molecule has 0 fully saturated rings. The molecular weight excluding hydrogens is 248 g/mol. The van der Waals surface area contributed by atoms with Gasteiger partial charge >= 0.3 is 0 Å². The molecule has 1 heteroatoms. The number of rotatable bonds is 7. The summed E-state index contributed by atoms with van der Waals surface area (Å²) in [5.41, 5.74) is 1.40. The maximum atomic E-state index is 3.53. The highest BCUT2D eigenvalue weighted by atomic mass is 79.9. The van der Waals surface area contributed by atoms with Gasteiger partial charge in [-0.25, -0.2) is 0 Å². The van der Waals surface area contributed by atoms with Gasteiger partial charge in [-0.2, -0.15) is 0 Å². The smallest absolute Gasteiger partial charge is 0.0286 e. The van der Waals surface area contributed by atoms with E-state index in [0.29, 0.717) is 0 Å². The van der Waals surface area contributed by atoms with Crippen molar-refractivity contribution >= 4 is 15.9 Å². The zero-order valence-corrected chi connectivity index (χ0v) is 11.1. The molecule has 0 aliphatic carbocycles. The van der Waals surface area contributed by atoms with Crippen molar-refractivity contribution in [1.29, 1.82) is 0 Å². The van der Waals surface area contributed by atoms with Crippen LogP contribution in [0, 0.1) is 6.07 Å². The summed E-state index contributed by atoms with van der Waals surface area (Å²) in [6, 6.07) is 9.38. The van der Waals surface area contributed by atoms with Gasteiger partial charge in [-0.05, 0) is 40.4 Å². The molecule has 0 unspecified atom stereocenters. The fourth-order valence-corrected chi connectivity index (χ4v) is 2.20. The Bertz CT molecular complexity index is 268. The summed E-state index contributed by atoms with van der Waals surface area (Å²) in [5.74, 6) is 0. The van der Waals surface area contributed by atoms with E-state index in [0.717, 1.165) is 4.47 Å². The fourth-order valence-electron chi connectivity index (χ4n) is 1.74. The molecule has 0 saturated heterocycles. The van der Waals surface area contributed by atoms with Crippen LogP contribution < -0.4 is 0 Å². The minimum Gasteiger partial charge on any atom is -0.0654 e. The SMILES string of the molecule is CCCCCCCCc1ccc[c]c1Br. The lowest BCUT2D eigenvalue weighted by Crippen LogP contribution is -1.87. The van der Waals surface area contributed by atoms with Gasteiger partial charge in [0, 0.05) is 4.47 Å². The number of unbranched alkanes of at least 4 members (excludes halogenated alkanes) is 5. The average molecular weight is 268 g/mol. The van der Waals surface area contributed by atoms with Crippen LogP contribution in [0.25, 0.3) is 0 Å². The predicted octanol–water partition coefficient (Wildman–Crippen LogP) is 5.15. The maximum Gasteiger partial charge on any atom is 0.0286 e. The normalized spacial score (nSPS) is 10.5. The number of hydrogen-bond donors (Lipinski definition) is 0. The molecule has 83 valence electrons. The first-order valence-corrected chi connectivity index (χ1v) is 6.79. The van der Waals surface area contributed by atoms with Crippen molar-refractivity contribution in [3.63, 3.8) is 0 Å². The second-order valence-corrected chi connectivity index (χ2v) is 4.82. The van der Waals surface area contributed by atoms with Crippen molar-refractivity contribution in [3.8, 4) is 0 Å². The number of aryl methyl sites for hydroxylation is 1. The largest absolute Gasteiger partial charge is 0.0654 e. The lowest BCUT2D eigenvalue weighted by Gasteiger charge is -2.03. The molecule has 0 aromatic heterocycles. The maximum absolute atomic E-state index is 3.53. The highest BCUT2D eigenvalue weighted by Gasteiger charge is 1.98. The number of halogens is 1. The third-order valence-electron chi connectivity index (χ3n) is 2.69. The second-order valence-electron chi connectivity index (χ2n) is 4.03. The van der Waals surface area contributed by atoms with Gasteiger partial charge in [-0.1, -0.05) is 57.2 Å². The zero-order valence-electron chi connectivity index (χ0n) is 9.56. The van der Waals surface area contributed by atoms with Gasteiger partial charge in [0.05, 0.1) is 0 Å². The van der Waals surface area contributed by atoms with Crippen LogP contribution in [0.15, 0.2) is 22.7 Å². The van der Waals surface area contributed by atoms with Crippen LogP contribution >= 0.6 is 15.9 Å². The second kappa shape index (κ2) is 7.92. The van der Waals surface area contributed by atoms with E-state index in [-0.39, 0.29) is 0 Å². The van der Waals surface area contributed by atoms with E-state index in [2.05, 4.69) is 41.1 Å². The van der Waals surface area contributed by atoms with E-state index < -0.39 is 0 Å². The highest BCUT2D eigenvalue weighted by Crippen LogP contribution is 2.18. The van der Waals surface area contributed by atoms with Crippen molar-refractivity contribution in [2.24, 2.45) is 0 Å². The summed E-state index contributed by atoms with van der Waals surface area (Å²) >= 11 is 3.53. The summed E-state index contributed by atoms with van der Waals surface area (Å²) in [7, 11) is 0. The summed E-state index contributed by atoms with van der Waals surface area (Å²) < 4.78 is 1.14. The minimum atomic E-state index is 1.14. The molecule has 0 aliphatic heterocycles. The van der Waals surface area contributed by atoms with Crippen molar-refractivity contribution in [3.05, 3.63) is 34.3 Å². The van der Waals surface area contributed by atoms with Crippen LogP contribution in [0.1, 0.15) is 51.0 Å². The van der Waals surface area contributed by atoms with Gasteiger partial charge in [-0.3, -0.25) is 0 Å². The molecule has 0 bridgehead atoms. The van der Waals surface area contributed by atoms with Crippen molar-refractivity contribution < 1.29 is 0 Å². The van der Waals surface area contributed by atoms with Crippen LogP contribution in [0.4, 0.5) is 0 Å². The van der Waals surface area contributed by atoms with E-state index in [1.807, 2.05) is 6.07 Å². The quantitative estimate of drug-likeness (QED) is 0.600. The molecule has 0 saturated carbocycles. The molecule has 1 rings (SSSR count). The first-order chi connectivity index (χ1) is 7.34. The number of benzene rings is 1. The first kappa shape index (κ1) is 12.8. The molecule has 1 aromatic rings. The molecule has 1 radical (unpaired) electrons. The van der Waals surface area contributed by atoms with E-state index in [1.54, 1.807) is 0 Å². The van der Waals surface area contributed by atoms with Crippen LogP contribution in [0.5, 0.6) is 0 Å². The standard InChI is InChI=1S/C14H20Br/c1-2-3-4-5-6-7-10-13-11-8-9-12-14(13)15/h8-9,11H,2-7,10H2,1H3. The van der Waals surface area contributed by atoms with Crippen molar-refractivity contribution in [2.45, 2.75) is 51.9 Å². The molecule has 0 amide bonds. The van der Waals surface area contributed by atoms with E-state index in [9.17, 15) is 0 Å². The molecule has 0 N–H and O–H groups in total. The summed E-state index contributed by atoms with van der Waals surface area (Å²) in [6.45, 7) is 2.26. The molecule has 0 atom stereocenters. The van der Waals surface area contributed by atoms with Gasteiger partial charge < -0.3 is 0 Å². The Morgan fingerprint density at radius 2 is 1.87 bits per heavy atom. The van der Waals surface area contributed by atoms with E-state index in [1.165, 1.54) is 50.5 Å². The highest BCUT2D eigenvalue weighted by molar-refractivity contribution is 9.10. The van der Waals surface area contributed by atoms with Crippen molar-refractivity contribution in [1.82, 2.24) is 0 Å². The summed E-state index contributed by atoms with van der Waals surface area (Å²) in [4.78, 5) is 0. The van der Waals surface area contributed by atoms with Crippen LogP contribution in [0.2, 0.25) is 0 Å². The Morgan fingerprint density at radius 3 is 2.60 bits per heavy atom. The molecular formula is C14H20Br. The van der Waals surface area contributed by atoms with Crippen LogP contribution in [-0.2, 0) is 6.42 Å². The van der Waals surface area contributed by atoms with E-state index >= 15 is 0 Å². The Hall–Kier alpha value is -0.300. The number of hydrogen-bond acceptors (Lipinski definition) is 0. The molecule has 0 heterocycles. The molecule has 15 heavy (non-hydrogen) atoms.